The Balaban J connectivity index is 2.94. The monoisotopic (exact) mass is 185 g/mol. The molecule has 2 heterocycles. The highest BCUT2D eigenvalue weighted by molar-refractivity contribution is 7.18. The minimum Gasteiger partial charge on any atom is -0.396 e. The zero-order valence-electron chi connectivity index (χ0n) is 5.41. The number of thiophene rings is 1. The van der Waals surface area contributed by atoms with Gasteiger partial charge in [-0.05, 0) is 0 Å². The first kappa shape index (κ1) is 6.82. The Bertz CT molecular complexity index is 398. The summed E-state index contributed by atoms with van der Waals surface area (Å²) in [5.41, 5.74) is 7.01. The number of rotatable bonds is 0. The van der Waals surface area contributed by atoms with Crippen molar-refractivity contribution >= 4 is 38.8 Å². The Morgan fingerprint density at radius 1 is 1.45 bits per heavy atom. The van der Waals surface area contributed by atoms with E-state index in [0.29, 0.717) is 10.8 Å². The van der Waals surface area contributed by atoms with E-state index >= 15 is 0 Å². The quantitative estimate of drug-likeness (QED) is 0.638. The molecule has 0 aliphatic carbocycles. The average molecular weight is 186 g/mol. The van der Waals surface area contributed by atoms with Gasteiger partial charge in [-0.3, -0.25) is 0 Å². The molecular formula is C6H4ClN3S. The SMILES string of the molecule is Nc1csc2c(Cl)ncnc12. The van der Waals surface area contributed by atoms with Crippen molar-refractivity contribution in [2.75, 3.05) is 5.73 Å². The molecule has 0 aliphatic heterocycles. The van der Waals surface area contributed by atoms with Crippen molar-refractivity contribution < 1.29 is 0 Å². The highest BCUT2D eigenvalue weighted by Gasteiger charge is 2.05. The molecule has 5 heteroatoms. The predicted octanol–water partition coefficient (Wildman–Crippen LogP) is 1.93. The maximum absolute atomic E-state index is 5.77. The molecule has 0 radical (unpaired) electrons. The summed E-state index contributed by atoms with van der Waals surface area (Å²) in [6.45, 7) is 0. The second-order valence-electron chi connectivity index (χ2n) is 2.03. The fourth-order valence-electron chi connectivity index (χ4n) is 0.841. The summed E-state index contributed by atoms with van der Waals surface area (Å²) >= 11 is 7.23. The molecule has 0 aliphatic rings. The number of nitrogens with two attached hydrogens (primary N) is 1. The molecule has 0 saturated heterocycles. The summed E-state index contributed by atoms with van der Waals surface area (Å²) < 4.78 is 0.853. The number of aromatic nitrogens is 2. The predicted molar refractivity (Wildman–Crippen MR) is 46.8 cm³/mol. The van der Waals surface area contributed by atoms with Gasteiger partial charge in [0.1, 0.15) is 17.0 Å². The van der Waals surface area contributed by atoms with Gasteiger partial charge >= 0.3 is 0 Å². The highest BCUT2D eigenvalue weighted by Crippen LogP contribution is 2.29. The summed E-state index contributed by atoms with van der Waals surface area (Å²) in [6, 6.07) is 0. The van der Waals surface area contributed by atoms with Gasteiger partial charge in [-0.1, -0.05) is 11.6 Å². The second-order valence-corrected chi connectivity index (χ2v) is 3.27. The first-order valence-corrected chi connectivity index (χ1v) is 4.18. The van der Waals surface area contributed by atoms with Crippen molar-refractivity contribution in [3.8, 4) is 0 Å². The van der Waals surface area contributed by atoms with Gasteiger partial charge in [-0.25, -0.2) is 9.97 Å². The van der Waals surface area contributed by atoms with E-state index in [-0.39, 0.29) is 0 Å². The van der Waals surface area contributed by atoms with Gasteiger partial charge < -0.3 is 5.73 Å². The van der Waals surface area contributed by atoms with Crippen LogP contribution in [0.2, 0.25) is 5.15 Å². The molecule has 0 spiro atoms. The Hall–Kier alpha value is -0.870. The molecule has 2 rings (SSSR count). The van der Waals surface area contributed by atoms with Gasteiger partial charge in [-0.15, -0.1) is 11.3 Å². The molecule has 0 fully saturated rings. The molecule has 3 nitrogen and oxygen atoms in total. The number of halogens is 1. The molecule has 0 aromatic carbocycles. The number of nitrogens with zero attached hydrogens (tertiary/aromatic N) is 2. The average Bonchev–Trinajstić information content (AvgIpc) is 2.35. The van der Waals surface area contributed by atoms with E-state index in [9.17, 15) is 0 Å². The highest BCUT2D eigenvalue weighted by atomic mass is 35.5. The number of anilines is 1. The van der Waals surface area contributed by atoms with Crippen LogP contribution in [0.1, 0.15) is 0 Å². The molecular weight excluding hydrogens is 182 g/mol. The third-order valence-electron chi connectivity index (χ3n) is 1.34. The Morgan fingerprint density at radius 2 is 2.27 bits per heavy atom. The Labute approximate surface area is 71.8 Å². The molecule has 0 bridgehead atoms. The van der Waals surface area contributed by atoms with E-state index < -0.39 is 0 Å². The van der Waals surface area contributed by atoms with E-state index in [1.807, 2.05) is 5.38 Å². The minimum atomic E-state index is 0.469. The number of hydrogen-bond donors (Lipinski definition) is 1. The molecule has 0 saturated carbocycles. The van der Waals surface area contributed by atoms with Crippen molar-refractivity contribution in [1.29, 1.82) is 0 Å². The van der Waals surface area contributed by atoms with Crippen LogP contribution in [0.5, 0.6) is 0 Å². The van der Waals surface area contributed by atoms with Crippen molar-refractivity contribution in [2.45, 2.75) is 0 Å². The van der Waals surface area contributed by atoms with Gasteiger partial charge in [0.2, 0.25) is 0 Å². The van der Waals surface area contributed by atoms with Gasteiger partial charge in [0.05, 0.1) is 10.4 Å². The molecule has 0 amide bonds. The van der Waals surface area contributed by atoms with Crippen LogP contribution in [-0.2, 0) is 0 Å². The Kier molecular flexibility index (Phi) is 1.44. The van der Waals surface area contributed by atoms with E-state index in [0.717, 1.165) is 10.2 Å². The van der Waals surface area contributed by atoms with Crippen LogP contribution in [0.25, 0.3) is 10.2 Å². The molecule has 0 unspecified atom stereocenters. The lowest BCUT2D eigenvalue weighted by Gasteiger charge is -1.90. The zero-order chi connectivity index (χ0) is 7.84. The van der Waals surface area contributed by atoms with Crippen LogP contribution in [0.3, 0.4) is 0 Å². The maximum atomic E-state index is 5.77. The fraction of sp³-hybridized carbons (Fsp3) is 0. The minimum absolute atomic E-state index is 0.469. The van der Waals surface area contributed by atoms with E-state index in [1.54, 1.807) is 0 Å². The summed E-state index contributed by atoms with van der Waals surface area (Å²) in [5.74, 6) is 0. The van der Waals surface area contributed by atoms with Crippen LogP contribution < -0.4 is 5.73 Å². The molecule has 2 aromatic heterocycles. The summed E-state index contributed by atoms with van der Waals surface area (Å²) in [5, 5.41) is 2.28. The van der Waals surface area contributed by atoms with Crippen LogP contribution in [0.15, 0.2) is 11.7 Å². The lowest BCUT2D eigenvalue weighted by atomic mass is 10.4. The Morgan fingerprint density at radius 3 is 3.00 bits per heavy atom. The smallest absolute Gasteiger partial charge is 0.150 e. The maximum Gasteiger partial charge on any atom is 0.150 e. The molecule has 56 valence electrons. The topological polar surface area (TPSA) is 51.8 Å². The standard InChI is InChI=1S/C6H4ClN3S/c7-6-5-4(9-2-10-6)3(8)1-11-5/h1-2H,8H2. The third kappa shape index (κ3) is 0.948. The molecule has 11 heavy (non-hydrogen) atoms. The summed E-state index contributed by atoms with van der Waals surface area (Å²) in [7, 11) is 0. The third-order valence-corrected chi connectivity index (χ3v) is 2.73. The van der Waals surface area contributed by atoms with Crippen LogP contribution in [-0.4, -0.2) is 9.97 Å². The lowest BCUT2D eigenvalue weighted by Crippen LogP contribution is -1.84. The van der Waals surface area contributed by atoms with Crippen molar-refractivity contribution in [1.82, 2.24) is 9.97 Å². The molecule has 0 atom stereocenters. The fourth-order valence-corrected chi connectivity index (χ4v) is 1.90. The van der Waals surface area contributed by atoms with Gasteiger partial charge in [-0.2, -0.15) is 0 Å². The largest absolute Gasteiger partial charge is 0.396 e. The lowest BCUT2D eigenvalue weighted by molar-refractivity contribution is 1.23. The molecule has 2 aromatic rings. The van der Waals surface area contributed by atoms with Crippen LogP contribution >= 0.6 is 22.9 Å². The first-order valence-electron chi connectivity index (χ1n) is 2.92. The van der Waals surface area contributed by atoms with Crippen molar-refractivity contribution in [2.24, 2.45) is 0 Å². The summed E-state index contributed by atoms with van der Waals surface area (Å²) in [6.07, 6.45) is 1.41. The second kappa shape index (κ2) is 2.32. The van der Waals surface area contributed by atoms with Gasteiger partial charge in [0.25, 0.3) is 0 Å². The zero-order valence-corrected chi connectivity index (χ0v) is 6.99. The van der Waals surface area contributed by atoms with Crippen molar-refractivity contribution in [3.63, 3.8) is 0 Å². The number of nitrogen functional groups attached to an aromatic ring is 1. The van der Waals surface area contributed by atoms with E-state index in [4.69, 9.17) is 17.3 Å². The molecule has 2 N–H and O–H groups in total. The van der Waals surface area contributed by atoms with Crippen LogP contribution in [0.4, 0.5) is 5.69 Å². The van der Waals surface area contributed by atoms with E-state index in [1.165, 1.54) is 17.7 Å². The summed E-state index contributed by atoms with van der Waals surface area (Å²) in [4.78, 5) is 7.82. The first-order chi connectivity index (χ1) is 5.29. The van der Waals surface area contributed by atoms with Crippen LogP contribution in [0, 0.1) is 0 Å². The van der Waals surface area contributed by atoms with Crippen molar-refractivity contribution in [3.05, 3.63) is 16.9 Å². The van der Waals surface area contributed by atoms with Gasteiger partial charge in [0.15, 0.2) is 0 Å². The van der Waals surface area contributed by atoms with Gasteiger partial charge in [0, 0.05) is 5.38 Å². The number of hydrogen-bond acceptors (Lipinski definition) is 4. The van der Waals surface area contributed by atoms with E-state index in [2.05, 4.69) is 9.97 Å². The number of fused-ring (bicyclic) bond motifs is 1. The normalized spacial score (nSPS) is 10.6.